The Balaban J connectivity index is 1.84. The van der Waals surface area contributed by atoms with E-state index in [2.05, 4.69) is 27.3 Å². The lowest BCUT2D eigenvalue weighted by atomic mass is 10.0. The number of allylic oxidation sites excluding steroid dienone is 3. The molecule has 3 N–H and O–H groups in total. The van der Waals surface area contributed by atoms with E-state index in [9.17, 15) is 14.4 Å². The van der Waals surface area contributed by atoms with Crippen molar-refractivity contribution in [2.24, 2.45) is 18.7 Å². The summed E-state index contributed by atoms with van der Waals surface area (Å²) in [5.74, 6) is 2.76. The highest BCUT2D eigenvalue weighted by Gasteiger charge is 2.36. The summed E-state index contributed by atoms with van der Waals surface area (Å²) in [5.41, 5.74) is 8.26. The van der Waals surface area contributed by atoms with E-state index in [1.165, 1.54) is 6.08 Å². The zero-order valence-electron chi connectivity index (χ0n) is 19.2. The van der Waals surface area contributed by atoms with Gasteiger partial charge in [-0.1, -0.05) is 18.9 Å². The van der Waals surface area contributed by atoms with Crippen LogP contribution < -0.4 is 11.3 Å². The van der Waals surface area contributed by atoms with Gasteiger partial charge in [0.15, 0.2) is 0 Å². The molecule has 1 aliphatic rings. The van der Waals surface area contributed by atoms with Crippen molar-refractivity contribution in [3.05, 3.63) is 75.4 Å². The summed E-state index contributed by atoms with van der Waals surface area (Å²) in [4.78, 5) is 12.2. The first kappa shape index (κ1) is 23.7. The molecular weight excluding hydrogens is 447 g/mol. The number of aromatic amines is 1. The van der Waals surface area contributed by atoms with Gasteiger partial charge in [0, 0.05) is 24.5 Å². The maximum absolute atomic E-state index is 13.2. The molecule has 1 aromatic carbocycles. The Labute approximate surface area is 201 Å². The second-order valence-corrected chi connectivity index (χ2v) is 8.29. The van der Waals surface area contributed by atoms with E-state index < -0.39 is 0 Å². The number of aromatic nitrogens is 4. The maximum atomic E-state index is 13.2. The Morgan fingerprint density at radius 2 is 2.23 bits per heavy atom. The molecule has 1 saturated carbocycles. The lowest BCUT2D eigenvalue weighted by Gasteiger charge is -2.11. The van der Waals surface area contributed by atoms with E-state index in [-0.39, 0.29) is 35.1 Å². The van der Waals surface area contributed by atoms with Crippen LogP contribution in [0.5, 0.6) is 0 Å². The average Bonchev–Trinajstić information content (AvgIpc) is 3.44. The average molecular weight is 471 g/mol. The zero-order valence-corrected chi connectivity index (χ0v) is 19.2. The van der Waals surface area contributed by atoms with Gasteiger partial charge in [0.1, 0.15) is 24.3 Å². The van der Waals surface area contributed by atoms with Gasteiger partial charge in [-0.2, -0.15) is 15.5 Å². The molecule has 0 spiro atoms. The highest BCUT2D eigenvalue weighted by atomic mass is 19.1. The van der Waals surface area contributed by atoms with Gasteiger partial charge in [-0.25, -0.2) is 9.49 Å². The number of H-pyrrole nitrogens is 1. The van der Waals surface area contributed by atoms with Gasteiger partial charge in [-0.15, -0.1) is 6.42 Å². The number of nitriles is 1. The van der Waals surface area contributed by atoms with Crippen molar-refractivity contribution in [3.8, 4) is 29.5 Å². The number of halogens is 1. The SMILES string of the molecule is C#CC(=C\F)/C=C(O[C@@H]1C[C@H]1C)\C(C#N)=C\c1c(-c2ccc3c(=O)[nH]nc(CN)c3c2)cnn1C. The highest BCUT2D eigenvalue weighted by molar-refractivity contribution is 5.89. The smallest absolute Gasteiger partial charge is 0.272 e. The summed E-state index contributed by atoms with van der Waals surface area (Å²) in [6.07, 6.45) is 11.1. The van der Waals surface area contributed by atoms with Crippen molar-refractivity contribution in [3.63, 3.8) is 0 Å². The first-order chi connectivity index (χ1) is 16.9. The third-order valence-electron chi connectivity index (χ3n) is 5.91. The number of benzene rings is 1. The van der Waals surface area contributed by atoms with Gasteiger partial charge in [0.2, 0.25) is 0 Å². The minimum atomic E-state index is -0.312. The van der Waals surface area contributed by atoms with E-state index in [0.717, 1.165) is 12.0 Å². The predicted octanol–water partition coefficient (Wildman–Crippen LogP) is 3.48. The minimum Gasteiger partial charge on any atom is -0.489 e. The molecule has 0 bridgehead atoms. The molecule has 2 heterocycles. The molecule has 1 fully saturated rings. The van der Waals surface area contributed by atoms with Crippen LogP contribution in [0, 0.1) is 29.6 Å². The van der Waals surface area contributed by atoms with Gasteiger partial charge in [0.25, 0.3) is 5.56 Å². The number of fused-ring (bicyclic) bond motifs is 1. The third kappa shape index (κ3) is 4.77. The second-order valence-electron chi connectivity index (χ2n) is 8.29. The van der Waals surface area contributed by atoms with Gasteiger partial charge in [0.05, 0.1) is 34.1 Å². The maximum Gasteiger partial charge on any atom is 0.272 e. The van der Waals surface area contributed by atoms with Gasteiger partial charge < -0.3 is 10.5 Å². The van der Waals surface area contributed by atoms with E-state index in [1.54, 1.807) is 36.1 Å². The number of hydrogen-bond donors (Lipinski definition) is 2. The molecule has 4 rings (SSSR count). The molecule has 0 unspecified atom stereocenters. The van der Waals surface area contributed by atoms with Crippen LogP contribution in [-0.4, -0.2) is 26.1 Å². The topological polar surface area (TPSA) is 123 Å². The summed E-state index contributed by atoms with van der Waals surface area (Å²) in [6, 6.07) is 7.45. The van der Waals surface area contributed by atoms with E-state index in [0.29, 0.717) is 40.0 Å². The first-order valence-corrected chi connectivity index (χ1v) is 10.9. The molecule has 9 heteroatoms. The summed E-state index contributed by atoms with van der Waals surface area (Å²) >= 11 is 0. The molecule has 176 valence electrons. The number of aryl methyl sites for hydroxylation is 1. The fraction of sp³-hybridized carbons (Fsp3) is 0.231. The Hall–Kier alpha value is -4.47. The monoisotopic (exact) mass is 470 g/mol. The van der Waals surface area contributed by atoms with Crippen LogP contribution in [0.25, 0.3) is 28.0 Å². The lowest BCUT2D eigenvalue weighted by molar-refractivity contribution is 0.195. The fourth-order valence-corrected chi connectivity index (χ4v) is 3.72. The molecular formula is C26H23FN6O2. The van der Waals surface area contributed by atoms with Crippen LogP contribution in [0.3, 0.4) is 0 Å². The summed E-state index contributed by atoms with van der Waals surface area (Å²) in [7, 11) is 1.74. The van der Waals surface area contributed by atoms with Crippen molar-refractivity contribution in [2.45, 2.75) is 26.0 Å². The quantitative estimate of drug-likeness (QED) is 0.236. The van der Waals surface area contributed by atoms with Crippen molar-refractivity contribution >= 4 is 16.8 Å². The molecule has 0 amide bonds. The fourth-order valence-electron chi connectivity index (χ4n) is 3.72. The molecule has 35 heavy (non-hydrogen) atoms. The summed E-state index contributed by atoms with van der Waals surface area (Å²) in [5, 5.41) is 21.9. The molecule has 8 nitrogen and oxygen atoms in total. The molecule has 0 saturated heterocycles. The largest absolute Gasteiger partial charge is 0.489 e. The van der Waals surface area contributed by atoms with E-state index >= 15 is 0 Å². The van der Waals surface area contributed by atoms with Gasteiger partial charge in [-0.05, 0) is 42.2 Å². The van der Waals surface area contributed by atoms with Crippen molar-refractivity contribution in [1.29, 1.82) is 5.26 Å². The lowest BCUT2D eigenvalue weighted by Crippen LogP contribution is -2.13. The number of terminal acetylenes is 1. The number of nitrogens with two attached hydrogens (primary N) is 1. The predicted molar refractivity (Wildman–Crippen MR) is 131 cm³/mol. The van der Waals surface area contributed by atoms with Crippen molar-refractivity contribution in [1.82, 2.24) is 20.0 Å². The van der Waals surface area contributed by atoms with E-state index in [1.807, 2.05) is 13.0 Å². The summed E-state index contributed by atoms with van der Waals surface area (Å²) in [6.45, 7) is 2.18. The van der Waals surface area contributed by atoms with Crippen LogP contribution in [0.1, 0.15) is 24.7 Å². The van der Waals surface area contributed by atoms with Gasteiger partial charge >= 0.3 is 0 Å². The van der Waals surface area contributed by atoms with Crippen molar-refractivity contribution in [2.75, 3.05) is 0 Å². The molecule has 3 aromatic rings. The van der Waals surface area contributed by atoms with Crippen LogP contribution in [0.4, 0.5) is 4.39 Å². The number of ether oxygens (including phenoxy) is 1. The van der Waals surface area contributed by atoms with Crippen LogP contribution in [0.15, 0.2) is 58.5 Å². The molecule has 0 radical (unpaired) electrons. The zero-order chi connectivity index (χ0) is 25.1. The molecule has 2 aromatic heterocycles. The summed E-state index contributed by atoms with van der Waals surface area (Å²) < 4.78 is 20.8. The second kappa shape index (κ2) is 9.80. The third-order valence-corrected chi connectivity index (χ3v) is 5.91. The number of nitrogens with zero attached hydrogens (tertiary/aromatic N) is 4. The normalized spacial score (nSPS) is 18.3. The highest BCUT2D eigenvalue weighted by Crippen LogP contribution is 2.37. The molecule has 0 aliphatic heterocycles. The number of rotatable bonds is 7. The molecule has 2 atom stereocenters. The van der Waals surface area contributed by atoms with Crippen LogP contribution in [0.2, 0.25) is 0 Å². The standard InChI is InChI=1S/C26H23FN6O2/c1-4-16(11-27)8-25(35-24-7-15(24)2)18(12-28)10-23-21(14-30-33(23)3)17-5-6-19-20(9-17)22(13-29)31-32-26(19)34/h1,5-6,8-11,14-15,24H,7,13,29H2,2-3H3,(H,32,34)/b16-11+,18-10+,25-8+/t15-,24-/m1/s1. The van der Waals surface area contributed by atoms with E-state index in [4.69, 9.17) is 16.9 Å². The minimum absolute atomic E-state index is 0.0405. The number of hydrogen-bond acceptors (Lipinski definition) is 6. The Bertz CT molecular complexity index is 1530. The Morgan fingerprint density at radius 3 is 2.86 bits per heavy atom. The Kier molecular flexibility index (Phi) is 6.63. The van der Waals surface area contributed by atoms with Crippen molar-refractivity contribution < 1.29 is 9.13 Å². The van der Waals surface area contributed by atoms with Crippen LogP contribution >= 0.6 is 0 Å². The molecule has 1 aliphatic carbocycles. The van der Waals surface area contributed by atoms with Gasteiger partial charge in [-0.3, -0.25) is 9.48 Å². The number of nitrogens with one attached hydrogen (secondary N) is 1. The van der Waals surface area contributed by atoms with Crippen LogP contribution in [-0.2, 0) is 18.3 Å². The Morgan fingerprint density at radius 1 is 1.46 bits per heavy atom. The first-order valence-electron chi connectivity index (χ1n) is 10.9.